The summed E-state index contributed by atoms with van der Waals surface area (Å²) in [7, 11) is -3.61. The fourth-order valence-electron chi connectivity index (χ4n) is 3.17. The van der Waals surface area contributed by atoms with Gasteiger partial charge in [-0.1, -0.05) is 18.2 Å². The Morgan fingerprint density at radius 2 is 1.62 bits per heavy atom. The lowest BCUT2D eigenvalue weighted by Crippen LogP contribution is -2.47. The highest BCUT2D eigenvalue weighted by Crippen LogP contribution is 2.18. The van der Waals surface area contributed by atoms with Crippen LogP contribution < -0.4 is 14.2 Å². The molecule has 3 rings (SSSR count). The molecule has 1 heterocycles. The maximum absolute atomic E-state index is 12.6. The minimum Gasteiger partial charge on any atom is -0.494 e. The van der Waals surface area contributed by atoms with E-state index in [4.69, 9.17) is 9.47 Å². The van der Waals surface area contributed by atoms with Crippen molar-refractivity contribution >= 4 is 15.9 Å². The maximum Gasteiger partial charge on any atom is 0.260 e. The molecule has 7 nitrogen and oxygen atoms in total. The lowest BCUT2D eigenvalue weighted by Gasteiger charge is -2.32. The minimum atomic E-state index is -3.61. The first-order valence-electron chi connectivity index (χ1n) is 9.69. The number of nitrogens with zero attached hydrogens (tertiary/aromatic N) is 1. The summed E-state index contributed by atoms with van der Waals surface area (Å²) in [6.07, 6.45) is 1.13. The molecular weight excluding hydrogens is 392 g/mol. The lowest BCUT2D eigenvalue weighted by atomic mass is 10.1. The number of sulfonamides is 1. The molecule has 0 spiro atoms. The zero-order chi connectivity index (χ0) is 20.7. The van der Waals surface area contributed by atoms with E-state index in [0.29, 0.717) is 44.0 Å². The molecule has 156 valence electrons. The van der Waals surface area contributed by atoms with Crippen LogP contribution in [0.5, 0.6) is 11.5 Å². The van der Waals surface area contributed by atoms with E-state index in [1.165, 1.54) is 12.1 Å². The Morgan fingerprint density at radius 3 is 2.24 bits per heavy atom. The third kappa shape index (κ3) is 5.95. The van der Waals surface area contributed by atoms with Crippen LogP contribution in [0.25, 0.3) is 0 Å². The molecule has 2 aromatic carbocycles. The molecule has 2 aromatic rings. The predicted molar refractivity (Wildman–Crippen MR) is 109 cm³/mol. The van der Waals surface area contributed by atoms with Gasteiger partial charge in [0.2, 0.25) is 10.0 Å². The van der Waals surface area contributed by atoms with Crippen molar-refractivity contribution in [3.05, 3.63) is 54.6 Å². The molecule has 1 N–H and O–H groups in total. The Balaban J connectivity index is 1.47. The Morgan fingerprint density at radius 1 is 1.00 bits per heavy atom. The summed E-state index contributed by atoms with van der Waals surface area (Å²) in [5, 5.41) is 0. The first-order chi connectivity index (χ1) is 14.0. The van der Waals surface area contributed by atoms with Crippen molar-refractivity contribution in [2.75, 3.05) is 26.3 Å². The second-order valence-electron chi connectivity index (χ2n) is 6.78. The summed E-state index contributed by atoms with van der Waals surface area (Å²) in [5.74, 6) is 1.19. The zero-order valence-electron chi connectivity index (χ0n) is 16.4. The zero-order valence-corrected chi connectivity index (χ0v) is 17.2. The molecule has 29 heavy (non-hydrogen) atoms. The molecule has 1 aliphatic heterocycles. The monoisotopic (exact) mass is 418 g/mol. The number of hydrogen-bond donors (Lipinski definition) is 1. The third-order valence-corrected chi connectivity index (χ3v) is 6.26. The number of carbonyl (C=O) groups excluding carboxylic acids is 1. The standard InChI is InChI=1S/C21H26N2O5S/c1-2-27-19-8-10-20(11-9-19)29(25,26)22-17-12-14-23(15-13-17)21(24)16-28-18-6-4-3-5-7-18/h3-11,17,22H,2,12-16H2,1H3. The Bertz CT molecular complexity index is 892. The van der Waals surface area contributed by atoms with E-state index in [1.807, 2.05) is 25.1 Å². The molecule has 0 atom stereocenters. The van der Waals surface area contributed by atoms with Crippen molar-refractivity contribution in [1.82, 2.24) is 9.62 Å². The summed E-state index contributed by atoms with van der Waals surface area (Å²) in [5.41, 5.74) is 0. The van der Waals surface area contributed by atoms with Crippen LogP contribution in [0.2, 0.25) is 0 Å². The van der Waals surface area contributed by atoms with E-state index in [0.717, 1.165) is 0 Å². The van der Waals surface area contributed by atoms with Gasteiger partial charge in [0, 0.05) is 19.1 Å². The van der Waals surface area contributed by atoms with Crippen LogP contribution in [-0.2, 0) is 14.8 Å². The summed E-state index contributed by atoms with van der Waals surface area (Å²) < 4.78 is 38.8. The third-order valence-electron chi connectivity index (χ3n) is 4.72. The summed E-state index contributed by atoms with van der Waals surface area (Å²) >= 11 is 0. The van der Waals surface area contributed by atoms with Crippen LogP contribution in [0.3, 0.4) is 0 Å². The fourth-order valence-corrected chi connectivity index (χ4v) is 4.47. The van der Waals surface area contributed by atoms with Crippen molar-refractivity contribution < 1.29 is 22.7 Å². The number of nitrogens with one attached hydrogen (secondary N) is 1. The van der Waals surface area contributed by atoms with Crippen LogP contribution in [0.4, 0.5) is 0 Å². The Labute approximate surface area is 171 Å². The molecule has 1 aliphatic rings. The number of ether oxygens (including phenoxy) is 2. The fraction of sp³-hybridized carbons (Fsp3) is 0.381. The van der Waals surface area contributed by atoms with Crippen molar-refractivity contribution in [3.8, 4) is 11.5 Å². The van der Waals surface area contributed by atoms with Crippen molar-refractivity contribution in [1.29, 1.82) is 0 Å². The van der Waals surface area contributed by atoms with Crippen LogP contribution in [-0.4, -0.2) is 51.6 Å². The van der Waals surface area contributed by atoms with E-state index < -0.39 is 10.0 Å². The van der Waals surface area contributed by atoms with Gasteiger partial charge in [-0.2, -0.15) is 0 Å². The molecule has 0 bridgehead atoms. The number of para-hydroxylation sites is 1. The van der Waals surface area contributed by atoms with Gasteiger partial charge < -0.3 is 14.4 Å². The summed E-state index contributed by atoms with van der Waals surface area (Å²) in [6.45, 7) is 3.36. The SMILES string of the molecule is CCOc1ccc(S(=O)(=O)NC2CCN(C(=O)COc3ccccc3)CC2)cc1. The molecule has 1 saturated heterocycles. The highest BCUT2D eigenvalue weighted by atomic mass is 32.2. The van der Waals surface area contributed by atoms with E-state index in [1.54, 1.807) is 29.2 Å². The maximum atomic E-state index is 12.6. The molecule has 0 radical (unpaired) electrons. The van der Waals surface area contributed by atoms with Crippen LogP contribution in [0.15, 0.2) is 59.5 Å². The van der Waals surface area contributed by atoms with E-state index in [9.17, 15) is 13.2 Å². The normalized spacial score (nSPS) is 15.1. The quantitative estimate of drug-likeness (QED) is 0.712. The number of rotatable bonds is 8. The highest BCUT2D eigenvalue weighted by molar-refractivity contribution is 7.89. The Kier molecular flexibility index (Phi) is 7.11. The molecule has 0 aromatic heterocycles. The molecule has 0 saturated carbocycles. The van der Waals surface area contributed by atoms with Gasteiger partial charge in [0.05, 0.1) is 11.5 Å². The van der Waals surface area contributed by atoms with Crippen LogP contribution >= 0.6 is 0 Å². The molecule has 0 unspecified atom stereocenters. The predicted octanol–water partition coefficient (Wildman–Crippen LogP) is 2.43. The number of amides is 1. The average Bonchev–Trinajstić information content (AvgIpc) is 2.74. The van der Waals surface area contributed by atoms with Gasteiger partial charge in [-0.05, 0) is 56.2 Å². The van der Waals surface area contributed by atoms with Crippen molar-refractivity contribution in [2.45, 2.75) is 30.7 Å². The summed E-state index contributed by atoms with van der Waals surface area (Å²) in [6, 6.07) is 15.3. The van der Waals surface area contributed by atoms with Gasteiger partial charge >= 0.3 is 0 Å². The van der Waals surface area contributed by atoms with Crippen LogP contribution in [0.1, 0.15) is 19.8 Å². The van der Waals surface area contributed by atoms with Crippen LogP contribution in [0, 0.1) is 0 Å². The smallest absolute Gasteiger partial charge is 0.260 e. The van der Waals surface area contributed by atoms with Gasteiger partial charge in [-0.15, -0.1) is 0 Å². The molecular formula is C21H26N2O5S. The number of carbonyl (C=O) groups is 1. The van der Waals surface area contributed by atoms with Gasteiger partial charge in [0.1, 0.15) is 11.5 Å². The largest absolute Gasteiger partial charge is 0.494 e. The molecule has 1 amide bonds. The van der Waals surface area contributed by atoms with E-state index in [2.05, 4.69) is 4.72 Å². The second-order valence-corrected chi connectivity index (χ2v) is 8.50. The van der Waals surface area contributed by atoms with Gasteiger partial charge in [0.25, 0.3) is 5.91 Å². The van der Waals surface area contributed by atoms with Gasteiger partial charge in [-0.3, -0.25) is 4.79 Å². The summed E-state index contributed by atoms with van der Waals surface area (Å²) in [4.78, 5) is 14.2. The van der Waals surface area contributed by atoms with Crippen molar-refractivity contribution in [3.63, 3.8) is 0 Å². The average molecular weight is 419 g/mol. The minimum absolute atomic E-state index is 0.0212. The van der Waals surface area contributed by atoms with Gasteiger partial charge in [-0.25, -0.2) is 13.1 Å². The molecule has 1 fully saturated rings. The number of hydrogen-bond acceptors (Lipinski definition) is 5. The molecule has 8 heteroatoms. The van der Waals surface area contributed by atoms with E-state index >= 15 is 0 Å². The second kappa shape index (κ2) is 9.76. The number of piperidine rings is 1. The first-order valence-corrected chi connectivity index (χ1v) is 11.2. The lowest BCUT2D eigenvalue weighted by molar-refractivity contribution is -0.134. The highest BCUT2D eigenvalue weighted by Gasteiger charge is 2.26. The number of likely N-dealkylation sites (tertiary alicyclic amines) is 1. The number of benzene rings is 2. The Hall–Kier alpha value is -2.58. The topological polar surface area (TPSA) is 84.9 Å². The van der Waals surface area contributed by atoms with Gasteiger partial charge in [0.15, 0.2) is 6.61 Å². The van der Waals surface area contributed by atoms with E-state index in [-0.39, 0.29) is 23.5 Å². The molecule has 0 aliphatic carbocycles. The first kappa shape index (κ1) is 21.1. The van der Waals surface area contributed by atoms with Crippen molar-refractivity contribution in [2.24, 2.45) is 0 Å².